The quantitative estimate of drug-likeness (QED) is 0.763. The van der Waals surface area contributed by atoms with Gasteiger partial charge in [0.05, 0.1) is 5.56 Å². The molecule has 0 heterocycles. The second kappa shape index (κ2) is 4.25. The van der Waals surface area contributed by atoms with Crippen molar-refractivity contribution in [2.75, 3.05) is 11.5 Å². The van der Waals surface area contributed by atoms with E-state index < -0.39 is 11.7 Å². The lowest BCUT2D eigenvalue weighted by Gasteiger charge is -2.11. The fourth-order valence-electron chi connectivity index (χ4n) is 1.70. The molecule has 2 aromatic carbocycles. The van der Waals surface area contributed by atoms with Crippen molar-refractivity contribution in [3.8, 4) is 11.1 Å². The summed E-state index contributed by atoms with van der Waals surface area (Å²) < 4.78 is 38.0. The van der Waals surface area contributed by atoms with Gasteiger partial charge in [0.2, 0.25) is 0 Å². The first-order chi connectivity index (χ1) is 8.36. The molecule has 0 fully saturated rings. The highest BCUT2D eigenvalue weighted by Gasteiger charge is 2.31. The average molecular weight is 252 g/mol. The van der Waals surface area contributed by atoms with Crippen LogP contribution in [-0.4, -0.2) is 0 Å². The van der Waals surface area contributed by atoms with Gasteiger partial charge in [0.25, 0.3) is 0 Å². The Morgan fingerprint density at radius 2 is 1.44 bits per heavy atom. The SMILES string of the molecule is Nc1cccc(-c2cc(N)cc(C(F)(F)F)c2)c1. The first kappa shape index (κ1) is 12.3. The molecule has 0 aliphatic carbocycles. The molecule has 94 valence electrons. The number of alkyl halides is 3. The lowest BCUT2D eigenvalue weighted by molar-refractivity contribution is -0.137. The number of nitrogen functional groups attached to an aromatic ring is 2. The minimum atomic E-state index is -4.41. The minimum Gasteiger partial charge on any atom is -0.399 e. The molecule has 5 heteroatoms. The van der Waals surface area contributed by atoms with Crippen molar-refractivity contribution in [3.63, 3.8) is 0 Å². The van der Waals surface area contributed by atoms with E-state index in [1.54, 1.807) is 24.3 Å². The number of anilines is 2. The van der Waals surface area contributed by atoms with E-state index in [1.807, 2.05) is 0 Å². The monoisotopic (exact) mass is 252 g/mol. The van der Waals surface area contributed by atoms with E-state index in [4.69, 9.17) is 11.5 Å². The molecule has 2 aromatic rings. The molecule has 0 radical (unpaired) electrons. The third-order valence-corrected chi connectivity index (χ3v) is 2.50. The Morgan fingerprint density at radius 1 is 0.778 bits per heavy atom. The van der Waals surface area contributed by atoms with E-state index in [-0.39, 0.29) is 5.69 Å². The van der Waals surface area contributed by atoms with Crippen molar-refractivity contribution in [2.45, 2.75) is 6.18 Å². The van der Waals surface area contributed by atoms with Gasteiger partial charge in [-0.3, -0.25) is 0 Å². The number of benzene rings is 2. The van der Waals surface area contributed by atoms with Gasteiger partial charge in [-0.25, -0.2) is 0 Å². The van der Waals surface area contributed by atoms with E-state index in [0.29, 0.717) is 16.8 Å². The van der Waals surface area contributed by atoms with Crippen LogP contribution in [0.1, 0.15) is 5.56 Å². The summed E-state index contributed by atoms with van der Waals surface area (Å²) in [6, 6.07) is 10.1. The molecule has 0 aromatic heterocycles. The van der Waals surface area contributed by atoms with Crippen LogP contribution in [0.2, 0.25) is 0 Å². The second-order valence-corrected chi connectivity index (χ2v) is 3.97. The normalized spacial score (nSPS) is 11.5. The highest BCUT2D eigenvalue weighted by Crippen LogP contribution is 2.34. The average Bonchev–Trinajstić information content (AvgIpc) is 2.27. The highest BCUT2D eigenvalue weighted by molar-refractivity contribution is 5.71. The van der Waals surface area contributed by atoms with Gasteiger partial charge in [0.15, 0.2) is 0 Å². The van der Waals surface area contributed by atoms with Gasteiger partial charge in [0.1, 0.15) is 0 Å². The third kappa shape index (κ3) is 2.56. The van der Waals surface area contributed by atoms with Crippen molar-refractivity contribution in [1.29, 1.82) is 0 Å². The van der Waals surface area contributed by atoms with Crippen LogP contribution in [0, 0.1) is 0 Å². The van der Waals surface area contributed by atoms with Crippen LogP contribution < -0.4 is 11.5 Å². The van der Waals surface area contributed by atoms with Crippen molar-refractivity contribution in [2.24, 2.45) is 0 Å². The van der Waals surface area contributed by atoms with Crippen LogP contribution in [0.3, 0.4) is 0 Å². The van der Waals surface area contributed by atoms with Gasteiger partial charge >= 0.3 is 6.18 Å². The molecule has 0 saturated heterocycles. The molecule has 0 unspecified atom stereocenters. The fourth-order valence-corrected chi connectivity index (χ4v) is 1.70. The minimum absolute atomic E-state index is 0.0715. The van der Waals surface area contributed by atoms with Crippen LogP contribution >= 0.6 is 0 Å². The Morgan fingerprint density at radius 3 is 2.06 bits per heavy atom. The number of hydrogen-bond donors (Lipinski definition) is 2. The topological polar surface area (TPSA) is 52.0 Å². The van der Waals surface area contributed by atoms with Gasteiger partial charge in [-0.05, 0) is 41.5 Å². The highest BCUT2D eigenvalue weighted by atomic mass is 19.4. The van der Waals surface area contributed by atoms with Gasteiger partial charge in [-0.1, -0.05) is 12.1 Å². The first-order valence-corrected chi connectivity index (χ1v) is 5.20. The maximum absolute atomic E-state index is 12.7. The smallest absolute Gasteiger partial charge is 0.399 e. The van der Waals surface area contributed by atoms with Crippen LogP contribution in [0.5, 0.6) is 0 Å². The van der Waals surface area contributed by atoms with Crippen LogP contribution in [-0.2, 0) is 6.18 Å². The Labute approximate surface area is 102 Å². The van der Waals surface area contributed by atoms with Crippen LogP contribution in [0.15, 0.2) is 42.5 Å². The fraction of sp³-hybridized carbons (Fsp3) is 0.0769. The lowest BCUT2D eigenvalue weighted by Crippen LogP contribution is -2.06. The predicted octanol–water partition coefficient (Wildman–Crippen LogP) is 3.54. The van der Waals surface area contributed by atoms with Crippen LogP contribution in [0.4, 0.5) is 24.5 Å². The summed E-state index contributed by atoms with van der Waals surface area (Å²) in [6.45, 7) is 0. The lowest BCUT2D eigenvalue weighted by atomic mass is 10.0. The molecule has 0 atom stereocenters. The number of nitrogens with two attached hydrogens (primary N) is 2. The molecule has 4 N–H and O–H groups in total. The summed E-state index contributed by atoms with van der Waals surface area (Å²) in [5.41, 5.74) is 11.9. The second-order valence-electron chi connectivity index (χ2n) is 3.97. The largest absolute Gasteiger partial charge is 0.416 e. The van der Waals surface area contributed by atoms with Gasteiger partial charge < -0.3 is 11.5 Å². The molecule has 0 bridgehead atoms. The zero-order chi connectivity index (χ0) is 13.3. The number of rotatable bonds is 1. The molecular formula is C13H11F3N2. The Bertz CT molecular complexity index is 577. The first-order valence-electron chi connectivity index (χ1n) is 5.20. The van der Waals surface area contributed by atoms with Crippen LogP contribution in [0.25, 0.3) is 11.1 Å². The van der Waals surface area contributed by atoms with Crippen molar-refractivity contribution < 1.29 is 13.2 Å². The van der Waals surface area contributed by atoms with Gasteiger partial charge in [-0.2, -0.15) is 13.2 Å². The Hall–Kier alpha value is -2.17. The van der Waals surface area contributed by atoms with E-state index in [2.05, 4.69) is 0 Å². The number of hydrogen-bond acceptors (Lipinski definition) is 2. The van der Waals surface area contributed by atoms with E-state index >= 15 is 0 Å². The maximum Gasteiger partial charge on any atom is 0.416 e. The van der Waals surface area contributed by atoms with Crippen molar-refractivity contribution in [3.05, 3.63) is 48.0 Å². The predicted molar refractivity (Wildman–Crippen MR) is 65.7 cm³/mol. The maximum atomic E-state index is 12.7. The molecule has 2 nitrogen and oxygen atoms in total. The summed E-state index contributed by atoms with van der Waals surface area (Å²) in [5, 5.41) is 0. The Balaban J connectivity index is 2.55. The molecule has 0 aliphatic heterocycles. The Kier molecular flexibility index (Phi) is 2.90. The van der Waals surface area contributed by atoms with Gasteiger partial charge in [0, 0.05) is 11.4 Å². The summed E-state index contributed by atoms with van der Waals surface area (Å²) >= 11 is 0. The molecule has 2 rings (SSSR count). The molecular weight excluding hydrogens is 241 g/mol. The zero-order valence-electron chi connectivity index (χ0n) is 9.33. The van der Waals surface area contributed by atoms with E-state index in [1.165, 1.54) is 6.07 Å². The molecule has 0 aliphatic rings. The molecule has 0 saturated carbocycles. The molecule has 0 amide bonds. The summed E-state index contributed by atoms with van der Waals surface area (Å²) in [5.74, 6) is 0. The van der Waals surface area contributed by atoms with E-state index in [9.17, 15) is 13.2 Å². The van der Waals surface area contributed by atoms with Crippen molar-refractivity contribution in [1.82, 2.24) is 0 Å². The third-order valence-electron chi connectivity index (χ3n) is 2.50. The standard InChI is InChI=1S/C13H11F3N2/c14-13(15,16)10-4-9(6-12(18)7-10)8-2-1-3-11(17)5-8/h1-7H,17-18H2. The molecule has 0 spiro atoms. The summed E-state index contributed by atoms with van der Waals surface area (Å²) in [7, 11) is 0. The summed E-state index contributed by atoms with van der Waals surface area (Å²) in [6.07, 6.45) is -4.41. The summed E-state index contributed by atoms with van der Waals surface area (Å²) in [4.78, 5) is 0. The zero-order valence-corrected chi connectivity index (χ0v) is 9.33. The van der Waals surface area contributed by atoms with Gasteiger partial charge in [-0.15, -0.1) is 0 Å². The number of halogens is 3. The van der Waals surface area contributed by atoms with Crippen molar-refractivity contribution >= 4 is 11.4 Å². The van der Waals surface area contributed by atoms with E-state index in [0.717, 1.165) is 12.1 Å². The molecule has 18 heavy (non-hydrogen) atoms.